The van der Waals surface area contributed by atoms with Crippen LogP contribution in [0.5, 0.6) is 0 Å². The summed E-state index contributed by atoms with van der Waals surface area (Å²) < 4.78 is 17.9. The van der Waals surface area contributed by atoms with Crippen molar-refractivity contribution in [3.63, 3.8) is 0 Å². The lowest BCUT2D eigenvalue weighted by atomic mass is 10.2. The van der Waals surface area contributed by atoms with Crippen molar-refractivity contribution in [3.05, 3.63) is 66.2 Å². The number of carbonyl (C=O) groups excluding carboxylic acids is 2. The molecule has 2 amide bonds. The van der Waals surface area contributed by atoms with Gasteiger partial charge in [-0.1, -0.05) is 53.3 Å². The van der Waals surface area contributed by atoms with Crippen molar-refractivity contribution in [2.24, 2.45) is 0 Å². The first-order valence-corrected chi connectivity index (χ1v) is 14.7. The summed E-state index contributed by atoms with van der Waals surface area (Å²) in [5.74, 6) is 0. The number of nitrogens with one attached hydrogen (secondary N) is 2. The van der Waals surface area contributed by atoms with E-state index < -0.39 is 25.7 Å². The van der Waals surface area contributed by atoms with Crippen LogP contribution in [0.2, 0.25) is 0 Å². The quantitative estimate of drug-likeness (QED) is 0.334. The van der Waals surface area contributed by atoms with E-state index in [9.17, 15) is 9.59 Å². The number of para-hydroxylation sites is 1. The highest BCUT2D eigenvalue weighted by molar-refractivity contribution is 7.71. The second-order valence-electron chi connectivity index (χ2n) is 10.3. The molecule has 0 spiro atoms. The van der Waals surface area contributed by atoms with Gasteiger partial charge in [-0.2, -0.15) is 5.43 Å². The minimum atomic E-state index is -2.86. The highest BCUT2D eigenvalue weighted by Crippen LogP contribution is 2.66. The smallest absolute Gasteiger partial charge is 0.443 e. The van der Waals surface area contributed by atoms with Gasteiger partial charge in [0.15, 0.2) is 0 Å². The van der Waals surface area contributed by atoms with E-state index in [1.54, 1.807) is 0 Å². The summed E-state index contributed by atoms with van der Waals surface area (Å²) in [6, 6.07) is 19.3. The Balaban J connectivity index is 1.72. The van der Waals surface area contributed by atoms with Crippen molar-refractivity contribution >= 4 is 25.7 Å². The summed E-state index contributed by atoms with van der Waals surface area (Å²) in [4.78, 5) is 26.6. The van der Waals surface area contributed by atoms with Crippen LogP contribution in [0.1, 0.15) is 52.0 Å². The van der Waals surface area contributed by atoms with Crippen LogP contribution >= 0.6 is 7.87 Å². The number of hydrogen-bond donors (Lipinski definition) is 2. The minimum Gasteiger partial charge on any atom is -0.443 e. The molecule has 2 aromatic rings. The van der Waals surface area contributed by atoms with E-state index in [1.807, 2.05) is 86.2 Å². The van der Waals surface area contributed by atoms with Crippen molar-refractivity contribution in [3.8, 4) is 0 Å². The van der Waals surface area contributed by atoms with E-state index in [2.05, 4.69) is 19.9 Å². The summed E-state index contributed by atoms with van der Waals surface area (Å²) in [6.45, 7) is 8.90. The zero-order valence-electron chi connectivity index (χ0n) is 22.1. The molecule has 200 valence electrons. The molecule has 0 unspecified atom stereocenters. The fourth-order valence-corrected chi connectivity index (χ4v) is 8.63. The van der Waals surface area contributed by atoms with Crippen LogP contribution in [-0.2, 0) is 16.1 Å². The maximum Gasteiger partial charge on any atom is 0.444 e. The van der Waals surface area contributed by atoms with Gasteiger partial charge < -0.3 is 9.47 Å². The molecular weight excluding hydrogens is 489 g/mol. The molecule has 37 heavy (non-hydrogen) atoms. The molecule has 2 heterocycles. The van der Waals surface area contributed by atoms with Crippen LogP contribution in [0, 0.1) is 0 Å². The average Bonchev–Trinajstić information content (AvgIpc) is 3.60. The predicted molar refractivity (Wildman–Crippen MR) is 147 cm³/mol. The van der Waals surface area contributed by atoms with Crippen molar-refractivity contribution < 1.29 is 19.1 Å². The van der Waals surface area contributed by atoms with E-state index in [4.69, 9.17) is 9.47 Å². The zero-order chi connectivity index (χ0) is 26.3. The van der Waals surface area contributed by atoms with Gasteiger partial charge in [0.25, 0.3) is 0 Å². The minimum absolute atomic E-state index is 0.164. The summed E-state index contributed by atoms with van der Waals surface area (Å²) in [7, 11) is -2.86. The number of benzene rings is 2. The molecule has 2 aromatic carbocycles. The van der Waals surface area contributed by atoms with Crippen LogP contribution in [0.3, 0.4) is 0 Å². The molecule has 2 N–H and O–H groups in total. The lowest BCUT2D eigenvalue weighted by molar-refractivity contribution is 0.0528. The molecule has 2 fully saturated rings. The molecule has 0 radical (unpaired) electrons. The molecule has 0 aromatic heterocycles. The number of carbonyl (C=O) groups is 2. The Bertz CT molecular complexity index is 1010. The summed E-state index contributed by atoms with van der Waals surface area (Å²) in [5.41, 5.74) is 4.04. The van der Waals surface area contributed by atoms with Crippen molar-refractivity contribution in [2.75, 3.05) is 31.0 Å². The molecule has 4 rings (SSSR count). The lowest BCUT2D eigenvalue weighted by Gasteiger charge is -2.43. The molecule has 0 aliphatic carbocycles. The number of anilines is 1. The first-order chi connectivity index (χ1) is 17.8. The van der Waals surface area contributed by atoms with Gasteiger partial charge in [0.2, 0.25) is 0 Å². The van der Waals surface area contributed by atoms with E-state index in [-0.39, 0.29) is 6.61 Å². The number of rotatable bonds is 8. The summed E-state index contributed by atoms with van der Waals surface area (Å²) in [6.07, 6.45) is 3.00. The van der Waals surface area contributed by atoms with Crippen molar-refractivity contribution in [1.29, 1.82) is 0 Å². The Morgan fingerprint density at radius 2 is 1.35 bits per heavy atom. The Morgan fingerprint density at radius 3 is 1.86 bits per heavy atom. The summed E-state index contributed by atoms with van der Waals surface area (Å²) in [5, 5.41) is 3.31. The molecule has 10 heteroatoms. The van der Waals surface area contributed by atoms with Crippen LogP contribution < -0.4 is 15.3 Å². The maximum absolute atomic E-state index is 13.5. The van der Waals surface area contributed by atoms with Gasteiger partial charge >= 0.3 is 20.1 Å². The van der Waals surface area contributed by atoms with Crippen LogP contribution in [-0.4, -0.2) is 53.3 Å². The highest BCUT2D eigenvalue weighted by atomic mass is 31.2. The highest BCUT2D eigenvalue weighted by Gasteiger charge is 2.62. The number of ether oxygens (including phenoxy) is 2. The van der Waals surface area contributed by atoms with Gasteiger partial charge in [0.1, 0.15) is 17.9 Å². The van der Waals surface area contributed by atoms with Gasteiger partial charge in [-0.05, 0) is 64.2 Å². The third kappa shape index (κ3) is 6.92. The number of hydrogen-bond acceptors (Lipinski definition) is 7. The lowest BCUT2D eigenvalue weighted by Crippen LogP contribution is -2.57. The third-order valence-corrected chi connectivity index (χ3v) is 10.0. The number of amides is 2. The zero-order valence-corrected chi connectivity index (χ0v) is 23.0. The van der Waals surface area contributed by atoms with E-state index in [1.165, 1.54) is 0 Å². The van der Waals surface area contributed by atoms with Crippen LogP contribution in [0.4, 0.5) is 15.3 Å². The maximum atomic E-state index is 13.5. The Kier molecular flexibility index (Phi) is 8.90. The molecule has 2 saturated heterocycles. The third-order valence-electron chi connectivity index (χ3n) is 6.28. The molecule has 2 aliphatic rings. The Labute approximate surface area is 220 Å². The van der Waals surface area contributed by atoms with E-state index >= 15 is 0 Å². The normalized spacial score (nSPS) is 16.8. The molecule has 2 aliphatic heterocycles. The van der Waals surface area contributed by atoms with Gasteiger partial charge in [0, 0.05) is 26.2 Å². The standard InChI is InChI=1S/C27H38N5O4P/c1-27(2,3)36-25(33)28-32(24-16-8-5-9-17-24)37(30-18-10-11-19-30,31-20-12-13-21-31)29-26(34)35-22-23-14-6-4-7-15-23/h4-9,14-17H,10-13,18-22H2,1-3H3,(H-,28,29,33,34)/p+1. The van der Waals surface area contributed by atoms with Gasteiger partial charge in [-0.25, -0.2) is 9.59 Å². The second kappa shape index (κ2) is 12.1. The monoisotopic (exact) mass is 528 g/mol. The molecule has 9 nitrogen and oxygen atoms in total. The van der Waals surface area contributed by atoms with E-state index in [0.717, 1.165) is 63.1 Å². The van der Waals surface area contributed by atoms with Crippen molar-refractivity contribution in [1.82, 2.24) is 19.9 Å². The second-order valence-corrected chi connectivity index (χ2v) is 13.2. The van der Waals surface area contributed by atoms with Crippen molar-refractivity contribution in [2.45, 2.75) is 58.7 Å². The molecule has 0 atom stereocenters. The first-order valence-electron chi connectivity index (χ1n) is 13.0. The Hall–Kier alpha value is -2.87. The summed E-state index contributed by atoms with van der Waals surface area (Å²) >= 11 is 0. The average molecular weight is 529 g/mol. The van der Waals surface area contributed by atoms with Crippen LogP contribution in [0.25, 0.3) is 0 Å². The first kappa shape index (κ1) is 27.2. The predicted octanol–water partition coefficient (Wildman–Crippen LogP) is 5.73. The van der Waals surface area contributed by atoms with Gasteiger partial charge in [-0.15, -0.1) is 14.4 Å². The van der Waals surface area contributed by atoms with Gasteiger partial charge in [0.05, 0.1) is 0 Å². The SMILES string of the molecule is CC(C)(C)OC(=O)NN(c1ccccc1)[P+](NC(=O)OCc1ccccc1)(N1CCCC1)N1CCCC1. The van der Waals surface area contributed by atoms with Crippen LogP contribution in [0.15, 0.2) is 60.7 Å². The van der Waals surface area contributed by atoms with E-state index in [0.29, 0.717) is 0 Å². The molecular formula is C27H39N5O4P+. The largest absolute Gasteiger partial charge is 0.444 e. The molecule has 0 bridgehead atoms. The number of hydrazine groups is 1. The van der Waals surface area contributed by atoms with Gasteiger partial charge in [-0.3, -0.25) is 0 Å². The topological polar surface area (TPSA) is 86.4 Å². The molecule has 0 saturated carbocycles. The fourth-order valence-electron chi connectivity index (χ4n) is 4.71. The number of nitrogens with zero attached hydrogens (tertiary/aromatic N) is 3. The Morgan fingerprint density at radius 1 is 0.838 bits per heavy atom. The fraction of sp³-hybridized carbons (Fsp3) is 0.481.